The molecule has 0 fully saturated rings. The Morgan fingerprint density at radius 2 is 2.27 bits per heavy atom. The first-order valence-electron chi connectivity index (χ1n) is 4.57. The minimum atomic E-state index is -1.14. The van der Waals surface area contributed by atoms with Crippen molar-refractivity contribution in [2.24, 2.45) is 7.05 Å². The molecule has 6 heteroatoms. The second-order valence-electron chi connectivity index (χ2n) is 3.14. The van der Waals surface area contributed by atoms with E-state index in [1.165, 1.54) is 0 Å². The van der Waals surface area contributed by atoms with Gasteiger partial charge in [0.25, 0.3) is 0 Å². The van der Waals surface area contributed by atoms with Crippen LogP contribution in [0.1, 0.15) is 19.0 Å². The number of anilines is 1. The molecule has 15 heavy (non-hydrogen) atoms. The van der Waals surface area contributed by atoms with Gasteiger partial charge < -0.3 is 10.4 Å². The Bertz CT molecular complexity index is 384. The molecule has 82 valence electrons. The van der Waals surface area contributed by atoms with Gasteiger partial charge in [0.1, 0.15) is 6.42 Å². The Labute approximate surface area is 86.9 Å². The topological polar surface area (TPSA) is 84.2 Å². The molecule has 1 heterocycles. The molecule has 0 aliphatic heterocycles. The van der Waals surface area contributed by atoms with Crippen LogP contribution in [-0.4, -0.2) is 26.8 Å². The Hall–Kier alpha value is -1.85. The van der Waals surface area contributed by atoms with Gasteiger partial charge in [0, 0.05) is 13.2 Å². The Kier molecular flexibility index (Phi) is 3.43. The summed E-state index contributed by atoms with van der Waals surface area (Å²) < 4.78 is 1.58. The van der Waals surface area contributed by atoms with E-state index in [1.54, 1.807) is 17.9 Å². The molecular weight excluding hydrogens is 198 g/mol. The molecule has 1 aromatic rings. The fraction of sp³-hybridized carbons (Fsp3) is 0.444. The summed E-state index contributed by atoms with van der Waals surface area (Å²) >= 11 is 0. The third kappa shape index (κ3) is 3.08. The first-order valence-corrected chi connectivity index (χ1v) is 4.57. The number of carbonyl (C=O) groups excluding carboxylic acids is 1. The van der Waals surface area contributed by atoms with Crippen molar-refractivity contribution in [3.63, 3.8) is 0 Å². The van der Waals surface area contributed by atoms with E-state index < -0.39 is 18.3 Å². The second-order valence-corrected chi connectivity index (χ2v) is 3.14. The SMILES string of the molecule is CCc1nn(C)cc1NC(=O)CC(=O)O. The van der Waals surface area contributed by atoms with Crippen LogP contribution in [0.15, 0.2) is 6.20 Å². The summed E-state index contributed by atoms with van der Waals surface area (Å²) in [6.07, 6.45) is 1.81. The molecule has 1 amide bonds. The van der Waals surface area contributed by atoms with Gasteiger partial charge in [-0.3, -0.25) is 14.3 Å². The molecule has 0 unspecified atom stereocenters. The highest BCUT2D eigenvalue weighted by atomic mass is 16.4. The van der Waals surface area contributed by atoms with E-state index in [-0.39, 0.29) is 0 Å². The van der Waals surface area contributed by atoms with Gasteiger partial charge in [0.2, 0.25) is 5.91 Å². The van der Waals surface area contributed by atoms with E-state index in [0.29, 0.717) is 12.1 Å². The number of aliphatic carboxylic acids is 1. The Morgan fingerprint density at radius 1 is 1.60 bits per heavy atom. The van der Waals surface area contributed by atoms with Crippen LogP contribution >= 0.6 is 0 Å². The highest BCUT2D eigenvalue weighted by Gasteiger charge is 2.11. The van der Waals surface area contributed by atoms with Gasteiger partial charge in [-0.05, 0) is 6.42 Å². The summed E-state index contributed by atoms with van der Waals surface area (Å²) in [5.74, 6) is -1.68. The lowest BCUT2D eigenvalue weighted by Crippen LogP contribution is -2.16. The molecule has 0 spiro atoms. The van der Waals surface area contributed by atoms with E-state index >= 15 is 0 Å². The average molecular weight is 211 g/mol. The molecule has 0 radical (unpaired) electrons. The molecule has 1 rings (SSSR count). The van der Waals surface area contributed by atoms with E-state index in [0.717, 1.165) is 5.69 Å². The second kappa shape index (κ2) is 4.59. The maximum Gasteiger partial charge on any atom is 0.312 e. The van der Waals surface area contributed by atoms with Crippen LogP contribution in [-0.2, 0) is 23.1 Å². The molecule has 1 aromatic heterocycles. The highest BCUT2D eigenvalue weighted by Crippen LogP contribution is 2.13. The average Bonchev–Trinajstić information content (AvgIpc) is 2.44. The van der Waals surface area contributed by atoms with Gasteiger partial charge in [0.15, 0.2) is 0 Å². The molecule has 0 aliphatic rings. The smallest absolute Gasteiger partial charge is 0.312 e. The number of aryl methyl sites for hydroxylation is 2. The van der Waals surface area contributed by atoms with E-state index in [9.17, 15) is 9.59 Å². The number of carboxylic acids is 1. The first-order chi connectivity index (χ1) is 7.02. The number of hydrogen-bond acceptors (Lipinski definition) is 3. The number of rotatable bonds is 4. The number of nitrogens with zero attached hydrogens (tertiary/aromatic N) is 2. The molecule has 0 bridgehead atoms. The lowest BCUT2D eigenvalue weighted by Gasteiger charge is -2.01. The van der Waals surface area contributed by atoms with Gasteiger partial charge in [-0.1, -0.05) is 6.92 Å². The highest BCUT2D eigenvalue weighted by molar-refractivity contribution is 6.01. The van der Waals surface area contributed by atoms with Crippen molar-refractivity contribution in [1.82, 2.24) is 9.78 Å². The number of hydrogen-bond donors (Lipinski definition) is 2. The number of aromatic nitrogens is 2. The maximum atomic E-state index is 11.2. The van der Waals surface area contributed by atoms with Crippen LogP contribution in [0.25, 0.3) is 0 Å². The van der Waals surface area contributed by atoms with Crippen LogP contribution in [0.2, 0.25) is 0 Å². The zero-order valence-electron chi connectivity index (χ0n) is 8.65. The Morgan fingerprint density at radius 3 is 2.80 bits per heavy atom. The molecular formula is C9H13N3O3. The van der Waals surface area contributed by atoms with Crippen molar-refractivity contribution >= 4 is 17.6 Å². The molecule has 2 N–H and O–H groups in total. The van der Waals surface area contributed by atoms with Crippen molar-refractivity contribution in [2.75, 3.05) is 5.32 Å². The van der Waals surface area contributed by atoms with Gasteiger partial charge in [-0.2, -0.15) is 5.10 Å². The van der Waals surface area contributed by atoms with Crippen LogP contribution in [0, 0.1) is 0 Å². The van der Waals surface area contributed by atoms with Crippen LogP contribution in [0.3, 0.4) is 0 Å². The molecule has 0 saturated heterocycles. The maximum absolute atomic E-state index is 11.2. The minimum absolute atomic E-state index is 0.530. The minimum Gasteiger partial charge on any atom is -0.481 e. The van der Waals surface area contributed by atoms with Crippen molar-refractivity contribution in [1.29, 1.82) is 0 Å². The standard InChI is InChI=1S/C9H13N3O3/c1-3-6-7(5-12(2)11-6)10-8(13)4-9(14)15/h5H,3-4H2,1-2H3,(H,10,13)(H,14,15). The monoisotopic (exact) mass is 211 g/mol. The zero-order chi connectivity index (χ0) is 11.4. The third-order valence-corrected chi connectivity index (χ3v) is 1.83. The molecule has 0 atom stereocenters. The fourth-order valence-corrected chi connectivity index (χ4v) is 1.23. The lowest BCUT2D eigenvalue weighted by molar-refractivity contribution is -0.139. The van der Waals surface area contributed by atoms with Crippen molar-refractivity contribution in [3.05, 3.63) is 11.9 Å². The van der Waals surface area contributed by atoms with Gasteiger partial charge in [-0.25, -0.2) is 0 Å². The van der Waals surface area contributed by atoms with Gasteiger partial charge in [-0.15, -0.1) is 0 Å². The molecule has 0 saturated carbocycles. The van der Waals surface area contributed by atoms with E-state index in [2.05, 4.69) is 10.4 Å². The third-order valence-electron chi connectivity index (χ3n) is 1.83. The summed E-state index contributed by atoms with van der Waals surface area (Å²) in [7, 11) is 1.74. The van der Waals surface area contributed by atoms with E-state index in [1.807, 2.05) is 6.92 Å². The van der Waals surface area contributed by atoms with Crippen molar-refractivity contribution in [2.45, 2.75) is 19.8 Å². The predicted molar refractivity (Wildman–Crippen MR) is 53.5 cm³/mol. The number of carbonyl (C=O) groups is 2. The lowest BCUT2D eigenvalue weighted by atomic mass is 10.3. The Balaban J connectivity index is 2.71. The number of amides is 1. The predicted octanol–water partition coefficient (Wildman–Crippen LogP) is 0.396. The summed E-state index contributed by atoms with van der Waals surface area (Å²) in [5, 5.41) is 15.0. The summed E-state index contributed by atoms with van der Waals surface area (Å²) in [5.41, 5.74) is 1.32. The fourth-order valence-electron chi connectivity index (χ4n) is 1.23. The molecule has 6 nitrogen and oxygen atoms in total. The summed E-state index contributed by atoms with van der Waals surface area (Å²) in [4.78, 5) is 21.4. The molecule has 0 aromatic carbocycles. The van der Waals surface area contributed by atoms with E-state index in [4.69, 9.17) is 5.11 Å². The quantitative estimate of drug-likeness (QED) is 0.706. The van der Waals surface area contributed by atoms with Crippen molar-refractivity contribution in [3.8, 4) is 0 Å². The number of carboxylic acid groups (broad SMARTS) is 1. The molecule has 0 aliphatic carbocycles. The van der Waals surface area contributed by atoms with Gasteiger partial charge in [0.05, 0.1) is 11.4 Å². The first kappa shape index (κ1) is 11.2. The van der Waals surface area contributed by atoms with Crippen LogP contribution < -0.4 is 5.32 Å². The summed E-state index contributed by atoms with van der Waals surface area (Å²) in [6.45, 7) is 1.91. The summed E-state index contributed by atoms with van der Waals surface area (Å²) in [6, 6.07) is 0. The normalized spacial score (nSPS) is 10.0. The van der Waals surface area contributed by atoms with Crippen LogP contribution in [0.5, 0.6) is 0 Å². The van der Waals surface area contributed by atoms with Gasteiger partial charge >= 0.3 is 5.97 Å². The zero-order valence-corrected chi connectivity index (χ0v) is 8.65. The number of nitrogens with one attached hydrogen (secondary N) is 1. The largest absolute Gasteiger partial charge is 0.481 e. The van der Waals surface area contributed by atoms with Crippen LogP contribution in [0.4, 0.5) is 5.69 Å². The van der Waals surface area contributed by atoms with Crippen molar-refractivity contribution < 1.29 is 14.7 Å².